The maximum atomic E-state index is 12.5. The van der Waals surface area contributed by atoms with Gasteiger partial charge < -0.3 is 14.5 Å². The first-order valence-electron chi connectivity index (χ1n) is 13.3. The van der Waals surface area contributed by atoms with Gasteiger partial charge in [-0.1, -0.05) is 18.6 Å². The first kappa shape index (κ1) is 22.9. The molecule has 0 radical (unpaired) electrons. The number of hydrogen-bond acceptors (Lipinski definition) is 4. The van der Waals surface area contributed by atoms with E-state index in [1.165, 1.54) is 62.7 Å². The van der Waals surface area contributed by atoms with Crippen molar-refractivity contribution in [2.75, 3.05) is 26.3 Å². The third-order valence-electron chi connectivity index (χ3n) is 8.35. The molecular formula is C28H40N2O3. The molecule has 0 aromatic rings. The Hall–Kier alpha value is -1.85. The molecule has 3 heterocycles. The lowest BCUT2D eigenvalue weighted by molar-refractivity contribution is -0.123. The molecule has 3 fully saturated rings. The van der Waals surface area contributed by atoms with Gasteiger partial charge in [0.1, 0.15) is 5.76 Å². The molecule has 1 N–H and O–H groups in total. The van der Waals surface area contributed by atoms with Gasteiger partial charge in [-0.15, -0.1) is 0 Å². The number of ether oxygens (including phenoxy) is 1. The van der Waals surface area contributed by atoms with Crippen LogP contribution in [-0.2, 0) is 9.53 Å². The first-order chi connectivity index (χ1) is 16.3. The van der Waals surface area contributed by atoms with Crippen LogP contribution >= 0.6 is 0 Å². The molecule has 0 spiro atoms. The first-order valence-corrected chi connectivity index (χ1v) is 13.3. The van der Waals surface area contributed by atoms with Gasteiger partial charge in [-0.05, 0) is 100 Å². The predicted octanol–water partition coefficient (Wildman–Crippen LogP) is 5.79. The Balaban J connectivity index is 1.08. The van der Waals surface area contributed by atoms with Crippen molar-refractivity contribution in [3.63, 3.8) is 0 Å². The van der Waals surface area contributed by atoms with E-state index in [2.05, 4.69) is 34.5 Å². The molecule has 5 aliphatic rings. The molecule has 5 nitrogen and oxygen atoms in total. The topological polar surface area (TPSA) is 54.7 Å². The molecule has 2 aliphatic carbocycles. The number of nitrogens with zero attached hydrogens (tertiary/aromatic N) is 1. The standard InChI is InChI=1S/C28H40N2O3/c31-28(20-22-12-17-32-18-13-22)29-23-9-7-21(8-10-23)11-16-30-15-2-1-5-26(30)24-14-19-33-27-6-3-4-25(24)27/h3-4,6,14,19,21-23,26H,1-2,5,7-13,15-18,20H2,(H,29,31). The lowest BCUT2D eigenvalue weighted by Crippen LogP contribution is -2.39. The fraction of sp³-hybridized carbons (Fsp3) is 0.679. The van der Waals surface area contributed by atoms with Crippen molar-refractivity contribution in [2.24, 2.45) is 11.8 Å². The van der Waals surface area contributed by atoms with E-state index >= 15 is 0 Å². The summed E-state index contributed by atoms with van der Waals surface area (Å²) in [4.78, 5) is 15.2. The third kappa shape index (κ3) is 5.81. The van der Waals surface area contributed by atoms with Gasteiger partial charge in [-0.2, -0.15) is 0 Å². The van der Waals surface area contributed by atoms with Gasteiger partial charge in [0.05, 0.1) is 6.26 Å². The maximum absolute atomic E-state index is 12.5. The largest absolute Gasteiger partial charge is 0.464 e. The van der Waals surface area contributed by atoms with Crippen molar-refractivity contribution in [3.8, 4) is 11.3 Å². The van der Waals surface area contributed by atoms with Crippen LogP contribution in [0.4, 0.5) is 0 Å². The van der Waals surface area contributed by atoms with E-state index in [1.807, 2.05) is 6.26 Å². The van der Waals surface area contributed by atoms with Crippen molar-refractivity contribution in [1.29, 1.82) is 0 Å². The third-order valence-corrected chi connectivity index (χ3v) is 8.35. The van der Waals surface area contributed by atoms with E-state index in [9.17, 15) is 4.79 Å². The number of fused-ring (bicyclic) bond motifs is 1. The van der Waals surface area contributed by atoms with Gasteiger partial charge in [-0.3, -0.25) is 9.69 Å². The molecule has 0 bridgehead atoms. The fourth-order valence-corrected chi connectivity index (χ4v) is 6.36. The summed E-state index contributed by atoms with van der Waals surface area (Å²) >= 11 is 0. The monoisotopic (exact) mass is 452 g/mol. The molecule has 1 saturated carbocycles. The number of likely N-dealkylation sites (tertiary alicyclic amines) is 1. The molecule has 2 saturated heterocycles. The van der Waals surface area contributed by atoms with Crippen LogP contribution in [0.2, 0.25) is 0 Å². The van der Waals surface area contributed by atoms with Crippen molar-refractivity contribution in [1.82, 2.24) is 10.2 Å². The van der Waals surface area contributed by atoms with E-state index in [0.29, 0.717) is 24.4 Å². The predicted molar refractivity (Wildman–Crippen MR) is 130 cm³/mol. The Morgan fingerprint density at radius 2 is 1.82 bits per heavy atom. The lowest BCUT2D eigenvalue weighted by Gasteiger charge is -2.38. The van der Waals surface area contributed by atoms with Crippen molar-refractivity contribution in [2.45, 2.75) is 82.7 Å². The molecule has 1 atom stereocenters. The second kappa shape index (κ2) is 11.1. The minimum Gasteiger partial charge on any atom is -0.464 e. The van der Waals surface area contributed by atoms with E-state index in [0.717, 1.165) is 50.6 Å². The van der Waals surface area contributed by atoms with E-state index < -0.39 is 0 Å². The molecule has 180 valence electrons. The number of carbonyl (C=O) groups excluding carboxylic acids is 1. The second-order valence-corrected chi connectivity index (χ2v) is 10.6. The Kier molecular flexibility index (Phi) is 7.67. The highest BCUT2D eigenvalue weighted by Gasteiger charge is 2.29. The smallest absolute Gasteiger partial charge is 0.220 e. The van der Waals surface area contributed by atoms with Crippen LogP contribution in [0.3, 0.4) is 0 Å². The minimum atomic E-state index is 0.259. The summed E-state index contributed by atoms with van der Waals surface area (Å²) in [6, 6.07) is 9.48. The molecule has 0 aromatic carbocycles. The Morgan fingerprint density at radius 3 is 2.67 bits per heavy atom. The van der Waals surface area contributed by atoms with E-state index in [1.54, 1.807) is 0 Å². The molecule has 5 rings (SSSR count). The highest BCUT2D eigenvalue weighted by Crippen LogP contribution is 2.39. The molecule has 1 amide bonds. The van der Waals surface area contributed by atoms with Gasteiger partial charge >= 0.3 is 0 Å². The van der Waals surface area contributed by atoms with Crippen LogP contribution in [0.5, 0.6) is 0 Å². The Bertz CT molecular complexity index is 850. The quantitative estimate of drug-likeness (QED) is 0.577. The van der Waals surface area contributed by atoms with Crippen LogP contribution in [0.25, 0.3) is 11.3 Å². The van der Waals surface area contributed by atoms with Gasteiger partial charge in [0.2, 0.25) is 5.91 Å². The number of carbonyl (C=O) groups is 1. The fourth-order valence-electron chi connectivity index (χ4n) is 6.36. The average Bonchev–Trinajstić information content (AvgIpc) is 3.34. The number of rotatable bonds is 7. The van der Waals surface area contributed by atoms with Crippen molar-refractivity contribution >= 4 is 5.91 Å². The van der Waals surface area contributed by atoms with Gasteiger partial charge in [-0.25, -0.2) is 0 Å². The van der Waals surface area contributed by atoms with E-state index in [4.69, 9.17) is 9.15 Å². The van der Waals surface area contributed by atoms with Gasteiger partial charge in [0, 0.05) is 37.3 Å². The van der Waals surface area contributed by atoms with Crippen LogP contribution in [-0.4, -0.2) is 43.2 Å². The lowest BCUT2D eigenvalue weighted by atomic mass is 9.83. The normalized spacial score (nSPS) is 27.6. The molecule has 0 aromatic heterocycles. The minimum absolute atomic E-state index is 0.259. The second-order valence-electron chi connectivity index (χ2n) is 10.6. The summed E-state index contributed by atoms with van der Waals surface area (Å²) in [5.41, 5.74) is 2.73. The van der Waals surface area contributed by atoms with Crippen LogP contribution in [0.15, 0.2) is 34.9 Å². The molecule has 33 heavy (non-hydrogen) atoms. The number of nitrogens with one attached hydrogen (secondary N) is 1. The zero-order valence-electron chi connectivity index (χ0n) is 20.0. The van der Waals surface area contributed by atoms with Crippen LogP contribution in [0.1, 0.15) is 82.2 Å². The van der Waals surface area contributed by atoms with Gasteiger partial charge in [0.25, 0.3) is 0 Å². The highest BCUT2D eigenvalue weighted by molar-refractivity contribution is 5.76. The maximum Gasteiger partial charge on any atom is 0.220 e. The molecule has 1 unspecified atom stereocenters. The summed E-state index contributed by atoms with van der Waals surface area (Å²) < 4.78 is 11.1. The molecule has 3 aliphatic heterocycles. The van der Waals surface area contributed by atoms with Crippen LogP contribution in [0, 0.1) is 11.8 Å². The zero-order valence-corrected chi connectivity index (χ0v) is 20.0. The summed E-state index contributed by atoms with van der Waals surface area (Å²) in [6.07, 6.45) is 14.5. The Morgan fingerprint density at radius 1 is 0.970 bits per heavy atom. The van der Waals surface area contributed by atoms with E-state index in [-0.39, 0.29) is 5.91 Å². The van der Waals surface area contributed by atoms with Crippen molar-refractivity contribution in [3.05, 3.63) is 36.1 Å². The Labute approximate surface area is 198 Å². The zero-order chi connectivity index (χ0) is 22.5. The summed E-state index contributed by atoms with van der Waals surface area (Å²) in [6.45, 7) is 4.02. The molecular weight excluding hydrogens is 412 g/mol. The summed E-state index contributed by atoms with van der Waals surface area (Å²) in [5, 5.41) is 3.34. The number of piperidine rings is 1. The SMILES string of the molecule is O=C(CC1CCOCC1)NC1CCC(CCN2CCCCC2c2ccoc3cccc2-3)CC1. The van der Waals surface area contributed by atoms with Crippen molar-refractivity contribution < 1.29 is 13.9 Å². The average molecular weight is 453 g/mol. The number of hydrogen-bond donors (Lipinski definition) is 1. The summed E-state index contributed by atoms with van der Waals surface area (Å²) in [5.74, 6) is 2.58. The number of amides is 1. The van der Waals surface area contributed by atoms with Gasteiger partial charge in [0.15, 0.2) is 0 Å². The highest BCUT2D eigenvalue weighted by atomic mass is 16.5. The molecule has 5 heteroatoms. The van der Waals surface area contributed by atoms with Crippen LogP contribution < -0.4 is 5.32 Å². The summed E-state index contributed by atoms with van der Waals surface area (Å²) in [7, 11) is 0.